The molecular weight excluding hydrogens is 324 g/mol. The monoisotopic (exact) mass is 344 g/mol. The average molecular weight is 344 g/mol. The molecule has 2 amide bonds. The Morgan fingerprint density at radius 2 is 2.29 bits per heavy atom. The molecule has 1 atom stereocenters. The highest BCUT2D eigenvalue weighted by Crippen LogP contribution is 2.17. The first kappa shape index (κ1) is 16.5. The molecule has 0 spiro atoms. The first-order chi connectivity index (χ1) is 11.7. The lowest BCUT2D eigenvalue weighted by Crippen LogP contribution is -2.43. The molecule has 6 heteroatoms. The smallest absolute Gasteiger partial charge is 0.286 e. The van der Waals surface area contributed by atoms with Crippen LogP contribution >= 0.6 is 11.3 Å². The van der Waals surface area contributed by atoms with Crippen LogP contribution in [0.25, 0.3) is 6.08 Å². The summed E-state index contributed by atoms with van der Waals surface area (Å²) in [5.74, 6) is 0.417. The third-order valence-corrected chi connectivity index (χ3v) is 4.90. The van der Waals surface area contributed by atoms with Crippen molar-refractivity contribution >= 4 is 29.2 Å². The van der Waals surface area contributed by atoms with Crippen molar-refractivity contribution in [3.8, 4) is 0 Å². The summed E-state index contributed by atoms with van der Waals surface area (Å²) in [7, 11) is 0. The number of hydrogen-bond acceptors (Lipinski definition) is 4. The second-order valence-corrected chi connectivity index (χ2v) is 6.81. The van der Waals surface area contributed by atoms with E-state index >= 15 is 0 Å². The van der Waals surface area contributed by atoms with Gasteiger partial charge in [0.05, 0.1) is 6.26 Å². The molecule has 1 N–H and O–H groups in total. The number of likely N-dealkylation sites (tertiary alicyclic amines) is 1. The number of nitrogens with zero attached hydrogens (tertiary/aromatic N) is 1. The molecule has 1 fully saturated rings. The minimum atomic E-state index is -0.207. The van der Waals surface area contributed by atoms with Crippen molar-refractivity contribution in [2.75, 3.05) is 19.6 Å². The highest BCUT2D eigenvalue weighted by Gasteiger charge is 2.23. The van der Waals surface area contributed by atoms with Gasteiger partial charge in [-0.05, 0) is 48.4 Å². The largest absolute Gasteiger partial charge is 0.459 e. The number of piperidine rings is 1. The van der Waals surface area contributed by atoms with Gasteiger partial charge in [0.2, 0.25) is 5.91 Å². The first-order valence-electron chi connectivity index (χ1n) is 8.04. The van der Waals surface area contributed by atoms with Gasteiger partial charge in [0.1, 0.15) is 0 Å². The number of hydrogen-bond donors (Lipinski definition) is 1. The summed E-state index contributed by atoms with van der Waals surface area (Å²) in [6.07, 6.45) is 6.94. The number of amides is 2. The van der Waals surface area contributed by atoms with E-state index in [1.165, 1.54) is 6.26 Å². The number of rotatable bonds is 5. The fourth-order valence-corrected chi connectivity index (χ4v) is 3.43. The molecule has 3 heterocycles. The molecule has 1 aliphatic rings. The van der Waals surface area contributed by atoms with Crippen molar-refractivity contribution in [2.45, 2.75) is 12.8 Å². The van der Waals surface area contributed by atoms with E-state index in [0.717, 1.165) is 24.3 Å². The third-order valence-electron chi connectivity index (χ3n) is 4.06. The van der Waals surface area contributed by atoms with E-state index in [-0.39, 0.29) is 17.7 Å². The van der Waals surface area contributed by atoms with Crippen LogP contribution in [0.15, 0.2) is 46.4 Å². The maximum Gasteiger partial charge on any atom is 0.286 e. The Balaban J connectivity index is 1.48. The third kappa shape index (κ3) is 4.35. The molecule has 2 aromatic rings. The molecule has 3 rings (SSSR count). The Morgan fingerprint density at radius 1 is 1.38 bits per heavy atom. The lowest BCUT2D eigenvalue weighted by atomic mass is 9.98. The zero-order valence-corrected chi connectivity index (χ0v) is 14.1. The maximum absolute atomic E-state index is 12.3. The predicted molar refractivity (Wildman–Crippen MR) is 93.7 cm³/mol. The molecule has 1 aliphatic heterocycles. The van der Waals surface area contributed by atoms with Crippen molar-refractivity contribution in [1.82, 2.24) is 10.2 Å². The van der Waals surface area contributed by atoms with E-state index in [4.69, 9.17) is 4.42 Å². The Labute approximate surface area is 145 Å². The SMILES string of the molecule is O=C(NCC1CCCN(C(=O)C=Cc2cccs2)C1)c1ccco1. The summed E-state index contributed by atoms with van der Waals surface area (Å²) in [5, 5.41) is 4.87. The number of thiophene rings is 1. The van der Waals surface area contributed by atoms with Gasteiger partial charge in [-0.2, -0.15) is 0 Å². The Bertz CT molecular complexity index is 692. The second kappa shape index (κ2) is 7.97. The molecule has 1 unspecified atom stereocenters. The second-order valence-electron chi connectivity index (χ2n) is 5.83. The lowest BCUT2D eigenvalue weighted by molar-refractivity contribution is -0.127. The van der Waals surface area contributed by atoms with Crippen LogP contribution in [0.2, 0.25) is 0 Å². The molecule has 2 aromatic heterocycles. The average Bonchev–Trinajstić information content (AvgIpc) is 3.31. The molecule has 0 aromatic carbocycles. The summed E-state index contributed by atoms with van der Waals surface area (Å²) in [5.41, 5.74) is 0. The Morgan fingerprint density at radius 3 is 3.04 bits per heavy atom. The Kier molecular flexibility index (Phi) is 5.48. The van der Waals surface area contributed by atoms with Crippen LogP contribution in [0, 0.1) is 5.92 Å². The van der Waals surface area contributed by atoms with E-state index < -0.39 is 0 Å². The molecule has 1 saturated heterocycles. The van der Waals surface area contributed by atoms with Crippen LogP contribution in [-0.2, 0) is 4.79 Å². The molecule has 24 heavy (non-hydrogen) atoms. The van der Waals surface area contributed by atoms with Crippen LogP contribution in [0.1, 0.15) is 28.3 Å². The van der Waals surface area contributed by atoms with E-state index in [1.54, 1.807) is 29.5 Å². The van der Waals surface area contributed by atoms with Gasteiger partial charge in [0.15, 0.2) is 5.76 Å². The molecule has 126 valence electrons. The van der Waals surface area contributed by atoms with Crippen molar-refractivity contribution in [2.24, 2.45) is 5.92 Å². The summed E-state index contributed by atoms with van der Waals surface area (Å²) >= 11 is 1.61. The molecule has 5 nitrogen and oxygen atoms in total. The van der Waals surface area contributed by atoms with Crippen LogP contribution in [0.3, 0.4) is 0 Å². The first-order valence-corrected chi connectivity index (χ1v) is 8.92. The minimum Gasteiger partial charge on any atom is -0.459 e. The normalized spacial score (nSPS) is 18.0. The summed E-state index contributed by atoms with van der Waals surface area (Å²) in [6, 6.07) is 7.28. The number of furan rings is 1. The van der Waals surface area contributed by atoms with Gasteiger partial charge < -0.3 is 14.6 Å². The van der Waals surface area contributed by atoms with Gasteiger partial charge in [0.25, 0.3) is 5.91 Å². The van der Waals surface area contributed by atoms with Crippen LogP contribution in [0.4, 0.5) is 0 Å². The predicted octanol–water partition coefficient (Wildman–Crippen LogP) is 3.02. The topological polar surface area (TPSA) is 62.6 Å². The summed E-state index contributed by atoms with van der Waals surface area (Å²) in [4.78, 5) is 27.1. The van der Waals surface area contributed by atoms with Crippen LogP contribution < -0.4 is 5.32 Å². The zero-order chi connectivity index (χ0) is 16.8. The van der Waals surface area contributed by atoms with Gasteiger partial charge in [0, 0.05) is 30.6 Å². The van der Waals surface area contributed by atoms with Gasteiger partial charge >= 0.3 is 0 Å². The molecule has 0 radical (unpaired) electrons. The van der Waals surface area contributed by atoms with Gasteiger partial charge in [-0.1, -0.05) is 6.07 Å². The molecule has 0 aliphatic carbocycles. The number of carbonyl (C=O) groups excluding carboxylic acids is 2. The van der Waals surface area contributed by atoms with E-state index in [9.17, 15) is 9.59 Å². The standard InChI is InChI=1S/C18H20N2O3S/c21-17(8-7-15-5-3-11-24-15)20-9-1-4-14(13-20)12-19-18(22)16-6-2-10-23-16/h2-3,5-8,10-11,14H,1,4,9,12-13H2,(H,19,22). The molecule has 0 saturated carbocycles. The van der Waals surface area contributed by atoms with Crippen molar-refractivity contribution in [3.05, 3.63) is 52.6 Å². The maximum atomic E-state index is 12.3. The van der Waals surface area contributed by atoms with E-state index in [2.05, 4.69) is 5.32 Å². The van der Waals surface area contributed by atoms with E-state index in [0.29, 0.717) is 18.8 Å². The van der Waals surface area contributed by atoms with Gasteiger partial charge in [-0.3, -0.25) is 9.59 Å². The van der Waals surface area contributed by atoms with Gasteiger partial charge in [-0.15, -0.1) is 11.3 Å². The highest BCUT2D eigenvalue weighted by atomic mass is 32.1. The quantitative estimate of drug-likeness (QED) is 0.848. The fourth-order valence-electron chi connectivity index (χ4n) is 2.81. The summed E-state index contributed by atoms with van der Waals surface area (Å²) in [6.45, 7) is 2.00. The zero-order valence-electron chi connectivity index (χ0n) is 13.3. The fraction of sp³-hybridized carbons (Fsp3) is 0.333. The van der Waals surface area contributed by atoms with E-state index in [1.807, 2.05) is 28.5 Å². The van der Waals surface area contributed by atoms with Crippen LogP contribution in [-0.4, -0.2) is 36.3 Å². The number of carbonyl (C=O) groups is 2. The number of nitrogens with one attached hydrogen (secondary N) is 1. The van der Waals surface area contributed by atoms with Crippen molar-refractivity contribution in [3.63, 3.8) is 0 Å². The highest BCUT2D eigenvalue weighted by molar-refractivity contribution is 7.10. The summed E-state index contributed by atoms with van der Waals surface area (Å²) < 4.78 is 5.08. The van der Waals surface area contributed by atoms with Crippen molar-refractivity contribution in [1.29, 1.82) is 0 Å². The van der Waals surface area contributed by atoms with Gasteiger partial charge in [-0.25, -0.2) is 0 Å². The van der Waals surface area contributed by atoms with Crippen molar-refractivity contribution < 1.29 is 14.0 Å². The molecule has 0 bridgehead atoms. The lowest BCUT2D eigenvalue weighted by Gasteiger charge is -2.32. The molecular formula is C18H20N2O3S. The Hall–Kier alpha value is -2.34. The minimum absolute atomic E-state index is 0.0328. The van der Waals surface area contributed by atoms with Crippen LogP contribution in [0.5, 0.6) is 0 Å².